The summed E-state index contributed by atoms with van der Waals surface area (Å²) in [6.45, 7) is 1.60. The van der Waals surface area contributed by atoms with E-state index in [2.05, 4.69) is 4.74 Å². The summed E-state index contributed by atoms with van der Waals surface area (Å²) in [5.41, 5.74) is 2.17. The van der Waals surface area contributed by atoms with Gasteiger partial charge in [0.05, 0.1) is 18.2 Å². The quantitative estimate of drug-likeness (QED) is 0.603. The smallest absolute Gasteiger partial charge is 0.416 e. The summed E-state index contributed by atoms with van der Waals surface area (Å²) in [4.78, 5) is 11.2. The van der Waals surface area contributed by atoms with E-state index in [0.717, 1.165) is 13.2 Å². The Hall–Kier alpha value is -1.77. The zero-order valence-electron chi connectivity index (χ0n) is 13.7. The number of carbonyl (C=O) groups is 1. The van der Waals surface area contributed by atoms with Crippen LogP contribution in [0.25, 0.3) is 0 Å². The Bertz CT molecular complexity index is 565. The van der Waals surface area contributed by atoms with Crippen molar-refractivity contribution in [3.05, 3.63) is 34.9 Å². The van der Waals surface area contributed by atoms with E-state index in [1.165, 1.54) is 0 Å². The van der Waals surface area contributed by atoms with Crippen LogP contribution in [0.1, 0.15) is 36.5 Å². The first-order chi connectivity index (χ1) is 11.4. The van der Waals surface area contributed by atoms with E-state index in [-0.39, 0.29) is 18.8 Å². The Labute approximate surface area is 141 Å². The average Bonchev–Trinajstić information content (AvgIpc) is 2.49. The Morgan fingerprint density at radius 1 is 1.12 bits per heavy atom. The van der Waals surface area contributed by atoms with Crippen molar-refractivity contribution in [3.8, 4) is 0 Å². The SMILES string of the molecule is COC(=O)C(N)CC(C)CCc1c(C(F)(F)F)cccc1C(F)(F)F. The lowest BCUT2D eigenvalue weighted by Gasteiger charge is -2.21. The van der Waals surface area contributed by atoms with Crippen LogP contribution in [0.4, 0.5) is 26.3 Å². The van der Waals surface area contributed by atoms with Crippen LogP contribution in [-0.4, -0.2) is 19.1 Å². The molecule has 2 unspecified atom stereocenters. The normalized spacial score (nSPS) is 14.9. The lowest BCUT2D eigenvalue weighted by molar-refractivity contribution is -0.144. The highest BCUT2D eigenvalue weighted by Crippen LogP contribution is 2.40. The zero-order valence-corrected chi connectivity index (χ0v) is 13.7. The van der Waals surface area contributed by atoms with Crippen LogP contribution < -0.4 is 5.73 Å². The minimum atomic E-state index is -4.89. The van der Waals surface area contributed by atoms with Gasteiger partial charge >= 0.3 is 18.3 Å². The van der Waals surface area contributed by atoms with Crippen molar-refractivity contribution in [3.63, 3.8) is 0 Å². The summed E-state index contributed by atoms with van der Waals surface area (Å²) in [6.07, 6.45) is -10.1. The molecule has 1 aromatic carbocycles. The lowest BCUT2D eigenvalue weighted by Crippen LogP contribution is -2.33. The molecule has 0 aliphatic heterocycles. The molecule has 1 rings (SSSR count). The van der Waals surface area contributed by atoms with Crippen LogP contribution in [0.5, 0.6) is 0 Å². The molecule has 3 nitrogen and oxygen atoms in total. The maximum atomic E-state index is 13.1. The molecular formula is C16H19F6NO2. The van der Waals surface area contributed by atoms with Crippen LogP contribution in [0.3, 0.4) is 0 Å². The van der Waals surface area contributed by atoms with Crippen molar-refractivity contribution in [1.29, 1.82) is 0 Å². The van der Waals surface area contributed by atoms with Crippen molar-refractivity contribution in [2.75, 3.05) is 7.11 Å². The molecule has 0 radical (unpaired) electrons. The molecule has 0 saturated heterocycles. The number of rotatable bonds is 6. The Morgan fingerprint density at radius 3 is 2.00 bits per heavy atom. The average molecular weight is 371 g/mol. The van der Waals surface area contributed by atoms with E-state index in [4.69, 9.17) is 5.73 Å². The highest BCUT2D eigenvalue weighted by atomic mass is 19.4. The van der Waals surface area contributed by atoms with Crippen molar-refractivity contribution >= 4 is 5.97 Å². The van der Waals surface area contributed by atoms with E-state index in [0.29, 0.717) is 12.1 Å². The van der Waals surface area contributed by atoms with Gasteiger partial charge in [0.15, 0.2) is 0 Å². The van der Waals surface area contributed by atoms with Gasteiger partial charge in [-0.15, -0.1) is 0 Å². The highest BCUT2D eigenvalue weighted by Gasteiger charge is 2.40. The molecule has 9 heteroatoms. The third kappa shape index (κ3) is 5.91. The maximum absolute atomic E-state index is 13.1. The molecule has 0 fully saturated rings. The molecule has 0 amide bonds. The van der Waals surface area contributed by atoms with Gasteiger partial charge in [0.2, 0.25) is 0 Å². The van der Waals surface area contributed by atoms with Gasteiger partial charge in [-0.25, -0.2) is 0 Å². The van der Waals surface area contributed by atoms with Gasteiger partial charge in [0, 0.05) is 0 Å². The summed E-state index contributed by atoms with van der Waals surface area (Å²) in [6, 6.07) is 1.04. The summed E-state index contributed by atoms with van der Waals surface area (Å²) < 4.78 is 82.8. The number of halogens is 6. The summed E-state index contributed by atoms with van der Waals surface area (Å²) >= 11 is 0. The number of alkyl halides is 6. The van der Waals surface area contributed by atoms with Crippen LogP contribution in [0, 0.1) is 5.92 Å². The second-order valence-corrected chi connectivity index (χ2v) is 5.84. The Morgan fingerprint density at radius 2 is 1.60 bits per heavy atom. The molecule has 25 heavy (non-hydrogen) atoms. The summed E-state index contributed by atoms with van der Waals surface area (Å²) in [5.74, 6) is -1.05. The highest BCUT2D eigenvalue weighted by molar-refractivity contribution is 5.75. The first kappa shape index (κ1) is 21.3. The first-order valence-electron chi connectivity index (χ1n) is 7.47. The number of ether oxygens (including phenoxy) is 1. The van der Waals surface area contributed by atoms with E-state index in [9.17, 15) is 31.1 Å². The van der Waals surface area contributed by atoms with Crippen LogP contribution in [-0.2, 0) is 28.3 Å². The third-order valence-electron chi connectivity index (χ3n) is 3.83. The number of hydrogen-bond acceptors (Lipinski definition) is 3. The van der Waals surface area contributed by atoms with Crippen LogP contribution in [0.15, 0.2) is 18.2 Å². The molecule has 0 aliphatic carbocycles. The predicted molar refractivity (Wildman–Crippen MR) is 78.5 cm³/mol. The minimum Gasteiger partial charge on any atom is -0.468 e. The number of methoxy groups -OCH3 is 1. The van der Waals surface area contributed by atoms with E-state index in [1.54, 1.807) is 6.92 Å². The molecule has 1 aromatic rings. The minimum absolute atomic E-state index is 0.0147. The first-order valence-corrected chi connectivity index (χ1v) is 7.47. The number of hydrogen-bond donors (Lipinski definition) is 1. The predicted octanol–water partition coefficient (Wildman–Crippen LogP) is 4.18. The van der Waals surface area contributed by atoms with Crippen molar-refractivity contribution in [2.45, 2.75) is 44.6 Å². The topological polar surface area (TPSA) is 52.3 Å². The monoisotopic (exact) mass is 371 g/mol. The van der Waals surface area contributed by atoms with Crippen molar-refractivity contribution in [2.24, 2.45) is 11.7 Å². The molecule has 0 aromatic heterocycles. The van der Waals surface area contributed by atoms with Gasteiger partial charge in [0.1, 0.15) is 6.04 Å². The molecule has 0 aliphatic rings. The van der Waals surface area contributed by atoms with E-state index in [1.807, 2.05) is 0 Å². The second kappa shape index (κ2) is 8.07. The largest absolute Gasteiger partial charge is 0.468 e. The van der Waals surface area contributed by atoms with E-state index >= 15 is 0 Å². The van der Waals surface area contributed by atoms with Gasteiger partial charge < -0.3 is 10.5 Å². The van der Waals surface area contributed by atoms with E-state index < -0.39 is 47.5 Å². The van der Waals surface area contributed by atoms with Gasteiger partial charge in [-0.1, -0.05) is 13.0 Å². The van der Waals surface area contributed by atoms with Crippen LogP contribution >= 0.6 is 0 Å². The zero-order chi connectivity index (χ0) is 19.4. The fourth-order valence-corrected chi connectivity index (χ4v) is 2.58. The van der Waals surface area contributed by atoms with Gasteiger partial charge in [-0.3, -0.25) is 4.79 Å². The molecule has 0 heterocycles. The fraction of sp³-hybridized carbons (Fsp3) is 0.562. The molecular weight excluding hydrogens is 352 g/mol. The maximum Gasteiger partial charge on any atom is 0.416 e. The molecule has 2 N–H and O–H groups in total. The third-order valence-corrected chi connectivity index (χ3v) is 3.83. The van der Waals surface area contributed by atoms with Gasteiger partial charge in [0.25, 0.3) is 0 Å². The summed E-state index contributed by atoms with van der Waals surface area (Å²) in [7, 11) is 1.14. The Kier molecular flexibility index (Phi) is 6.87. The fourth-order valence-electron chi connectivity index (χ4n) is 2.58. The summed E-state index contributed by atoms with van der Waals surface area (Å²) in [5, 5.41) is 0. The Balaban J connectivity index is 3.02. The molecule has 142 valence electrons. The number of esters is 1. The molecule has 0 bridgehead atoms. The standard InChI is InChI=1S/C16H19F6NO2/c1-9(8-13(23)14(24)25-2)6-7-10-11(15(17,18)19)4-3-5-12(10)16(20,21)22/h3-5,9,13H,6-8,23H2,1-2H3. The lowest BCUT2D eigenvalue weighted by atomic mass is 9.90. The molecule has 0 saturated carbocycles. The van der Waals surface area contributed by atoms with Gasteiger partial charge in [-0.2, -0.15) is 26.3 Å². The van der Waals surface area contributed by atoms with Crippen LogP contribution in [0.2, 0.25) is 0 Å². The second-order valence-electron chi connectivity index (χ2n) is 5.84. The number of carbonyl (C=O) groups excluding carboxylic acids is 1. The number of nitrogens with two attached hydrogens (primary N) is 1. The van der Waals surface area contributed by atoms with Gasteiger partial charge in [-0.05, 0) is 42.9 Å². The van der Waals surface area contributed by atoms with Crippen molar-refractivity contribution in [1.82, 2.24) is 0 Å². The molecule has 2 atom stereocenters. The van der Waals surface area contributed by atoms with Crippen molar-refractivity contribution < 1.29 is 35.9 Å². The number of benzene rings is 1. The molecule has 0 spiro atoms.